The van der Waals surface area contributed by atoms with Crippen LogP contribution in [0.3, 0.4) is 0 Å². The Bertz CT molecular complexity index is 1400. The molecule has 0 radical (unpaired) electrons. The predicted octanol–water partition coefficient (Wildman–Crippen LogP) is 4.07. The van der Waals surface area contributed by atoms with Crippen molar-refractivity contribution in [3.8, 4) is 22.6 Å². The molecule has 0 atom stereocenters. The molecule has 1 aliphatic carbocycles. The molecule has 0 aliphatic heterocycles. The summed E-state index contributed by atoms with van der Waals surface area (Å²) >= 11 is 6.27. The van der Waals surface area contributed by atoms with Crippen LogP contribution < -0.4 is 25.5 Å². The van der Waals surface area contributed by atoms with E-state index in [9.17, 15) is 9.59 Å². The Morgan fingerprint density at radius 2 is 1.70 bits per heavy atom. The van der Waals surface area contributed by atoms with Gasteiger partial charge in [-0.15, -0.1) is 0 Å². The zero-order valence-corrected chi connectivity index (χ0v) is 18.8. The van der Waals surface area contributed by atoms with E-state index in [2.05, 4.69) is 0 Å². The number of carbonyl (C=O) groups is 1. The Labute approximate surface area is 195 Å². The van der Waals surface area contributed by atoms with Gasteiger partial charge in [0.05, 0.1) is 25.0 Å². The van der Waals surface area contributed by atoms with Gasteiger partial charge in [0.15, 0.2) is 0 Å². The summed E-state index contributed by atoms with van der Waals surface area (Å²) in [5.41, 5.74) is 1.37. The number of allylic oxidation sites excluding steroid dienone is 2. The normalized spacial score (nSPS) is 16.4. The number of benzene rings is 2. The number of methoxy groups -OCH3 is 2. The Kier molecular flexibility index (Phi) is 6.66. The first-order valence-electron chi connectivity index (χ1n) is 10.2. The van der Waals surface area contributed by atoms with Gasteiger partial charge in [0.2, 0.25) is 5.43 Å². The Balaban J connectivity index is 1.73. The van der Waals surface area contributed by atoms with E-state index in [1.54, 1.807) is 60.7 Å². The number of hydrogen-bond donors (Lipinski definition) is 0. The van der Waals surface area contributed by atoms with Crippen LogP contribution in [0.15, 0.2) is 69.8 Å². The minimum absolute atomic E-state index is 0.190. The van der Waals surface area contributed by atoms with Gasteiger partial charge in [-0.1, -0.05) is 35.9 Å². The van der Waals surface area contributed by atoms with Gasteiger partial charge >= 0.3 is 5.97 Å². The highest BCUT2D eigenvalue weighted by atomic mass is 35.5. The predicted molar refractivity (Wildman–Crippen MR) is 126 cm³/mol. The lowest BCUT2D eigenvalue weighted by Crippen LogP contribution is -2.39. The molecular formula is C26H21ClO6. The minimum atomic E-state index is -0.610. The number of ether oxygens (including phenoxy) is 3. The third kappa shape index (κ3) is 4.56. The minimum Gasteiger partial charge on any atom is -0.496 e. The topological polar surface area (TPSA) is 75.0 Å². The van der Waals surface area contributed by atoms with Crippen LogP contribution in [-0.4, -0.2) is 20.2 Å². The van der Waals surface area contributed by atoms with Crippen molar-refractivity contribution in [2.24, 2.45) is 0 Å². The van der Waals surface area contributed by atoms with E-state index in [1.165, 1.54) is 20.5 Å². The summed E-state index contributed by atoms with van der Waals surface area (Å²) < 4.78 is 22.0. The fourth-order valence-electron chi connectivity index (χ4n) is 3.59. The van der Waals surface area contributed by atoms with E-state index in [0.29, 0.717) is 56.9 Å². The average Bonchev–Trinajstić information content (AvgIpc) is 2.81. The first kappa shape index (κ1) is 22.4. The summed E-state index contributed by atoms with van der Waals surface area (Å²) in [6.45, 7) is 0. The molecule has 0 N–H and O–H groups in total. The number of rotatable bonds is 5. The van der Waals surface area contributed by atoms with E-state index in [0.717, 1.165) is 0 Å². The molecule has 0 saturated carbocycles. The molecule has 3 aromatic rings. The molecule has 33 heavy (non-hydrogen) atoms. The number of hydrogen-bond acceptors (Lipinski definition) is 6. The molecule has 7 heteroatoms. The van der Waals surface area contributed by atoms with Crippen LogP contribution in [0.4, 0.5) is 0 Å². The van der Waals surface area contributed by atoms with E-state index in [4.69, 9.17) is 30.2 Å². The summed E-state index contributed by atoms with van der Waals surface area (Å²) in [7, 11) is 2.94. The van der Waals surface area contributed by atoms with Crippen molar-refractivity contribution in [2.75, 3.05) is 14.2 Å². The van der Waals surface area contributed by atoms with Crippen LogP contribution in [0.5, 0.6) is 11.5 Å². The van der Waals surface area contributed by atoms with Gasteiger partial charge < -0.3 is 18.6 Å². The van der Waals surface area contributed by atoms with E-state index >= 15 is 0 Å². The average molecular weight is 465 g/mol. The van der Waals surface area contributed by atoms with Crippen LogP contribution >= 0.6 is 11.6 Å². The van der Waals surface area contributed by atoms with E-state index in [1.807, 2.05) is 0 Å². The van der Waals surface area contributed by atoms with Crippen molar-refractivity contribution < 1.29 is 23.4 Å². The van der Waals surface area contributed by atoms with Crippen molar-refractivity contribution in [3.63, 3.8) is 0 Å². The molecule has 0 unspecified atom stereocenters. The maximum Gasteiger partial charge on any atom is 0.350 e. The molecule has 168 valence electrons. The highest BCUT2D eigenvalue weighted by molar-refractivity contribution is 6.33. The second kappa shape index (κ2) is 9.79. The molecule has 4 rings (SSSR count). The molecule has 1 aromatic heterocycles. The van der Waals surface area contributed by atoms with Gasteiger partial charge in [-0.25, -0.2) is 4.79 Å². The van der Waals surface area contributed by atoms with Gasteiger partial charge in [0.1, 0.15) is 34.5 Å². The molecule has 1 heterocycles. The molecule has 0 amide bonds. The molecule has 2 aromatic carbocycles. The fraction of sp³-hybridized carbons (Fsp3) is 0.154. The summed E-state index contributed by atoms with van der Waals surface area (Å²) in [6, 6.07) is 12.1. The highest BCUT2D eigenvalue weighted by Gasteiger charge is 2.21. The second-order valence-electron chi connectivity index (χ2n) is 7.21. The third-order valence-electron chi connectivity index (χ3n) is 5.23. The molecule has 0 fully saturated rings. The van der Waals surface area contributed by atoms with Crippen LogP contribution in [0, 0.1) is 0 Å². The van der Waals surface area contributed by atoms with Crippen LogP contribution in [-0.2, 0) is 4.74 Å². The van der Waals surface area contributed by atoms with E-state index in [-0.39, 0.29) is 11.0 Å². The third-order valence-corrected chi connectivity index (χ3v) is 5.56. The van der Waals surface area contributed by atoms with Gasteiger partial charge in [0, 0.05) is 17.0 Å². The van der Waals surface area contributed by atoms with Crippen molar-refractivity contribution in [2.45, 2.75) is 12.8 Å². The van der Waals surface area contributed by atoms with Gasteiger partial charge in [-0.3, -0.25) is 4.79 Å². The smallest absolute Gasteiger partial charge is 0.350 e. The zero-order chi connectivity index (χ0) is 23.4. The van der Waals surface area contributed by atoms with Crippen molar-refractivity contribution in [1.82, 2.24) is 0 Å². The fourth-order valence-corrected chi connectivity index (χ4v) is 3.83. The zero-order valence-electron chi connectivity index (χ0n) is 18.1. The first-order chi connectivity index (χ1) is 16.0. The van der Waals surface area contributed by atoms with Crippen molar-refractivity contribution >= 4 is 29.7 Å². The monoisotopic (exact) mass is 464 g/mol. The van der Waals surface area contributed by atoms with Gasteiger partial charge in [-0.05, 0) is 42.8 Å². The molecular weight excluding hydrogens is 444 g/mol. The molecule has 0 saturated heterocycles. The summed E-state index contributed by atoms with van der Waals surface area (Å²) in [4.78, 5) is 26.1. The van der Waals surface area contributed by atoms with Crippen LogP contribution in [0.2, 0.25) is 5.02 Å². The number of carbonyl (C=O) groups excluding carboxylic acids is 1. The molecule has 0 spiro atoms. The maximum absolute atomic E-state index is 13.2. The lowest BCUT2D eigenvalue weighted by Gasteiger charge is -2.13. The number of esters is 1. The van der Waals surface area contributed by atoms with Crippen molar-refractivity contribution in [3.05, 3.63) is 92.0 Å². The summed E-state index contributed by atoms with van der Waals surface area (Å²) in [6.07, 6.45) is 7.38. The first-order valence-corrected chi connectivity index (χ1v) is 10.6. The largest absolute Gasteiger partial charge is 0.496 e. The van der Waals surface area contributed by atoms with Gasteiger partial charge in [-0.2, -0.15) is 0 Å². The van der Waals surface area contributed by atoms with Crippen LogP contribution in [0.25, 0.3) is 23.3 Å². The maximum atomic E-state index is 13.2. The Morgan fingerprint density at radius 3 is 2.39 bits per heavy atom. The lowest BCUT2D eigenvalue weighted by molar-refractivity contribution is 0.0608. The van der Waals surface area contributed by atoms with Crippen LogP contribution in [0.1, 0.15) is 23.2 Å². The number of halogens is 1. The SMILES string of the molecule is COc1cccc(OC)c1C(=O)O/C1=C/C=c2/c(=O)c(-c3ccccc3Cl)co/c2=C/CC1. The summed E-state index contributed by atoms with van der Waals surface area (Å²) in [5.74, 6) is 0.479. The second-order valence-corrected chi connectivity index (χ2v) is 7.61. The van der Waals surface area contributed by atoms with Crippen molar-refractivity contribution in [1.29, 1.82) is 0 Å². The Hall–Kier alpha value is -3.77. The standard InChI is InChI=1S/C26H21ClO6/c1-30-22-11-6-12-23(31-2)24(22)26(29)33-16-7-5-10-21-18(14-13-16)25(28)19(15-32-21)17-8-3-4-9-20(17)27/h3-4,6,8-15H,5,7H2,1-2H3/b16-13+,18-14+,21-10+. The lowest BCUT2D eigenvalue weighted by atomic mass is 10.1. The Morgan fingerprint density at radius 1 is 0.970 bits per heavy atom. The number of fused-ring (bicyclic) bond motifs is 1. The van der Waals surface area contributed by atoms with Gasteiger partial charge in [0.25, 0.3) is 0 Å². The quantitative estimate of drug-likeness (QED) is 0.530. The van der Waals surface area contributed by atoms with E-state index < -0.39 is 5.97 Å². The molecule has 6 nitrogen and oxygen atoms in total. The molecule has 0 bridgehead atoms. The highest BCUT2D eigenvalue weighted by Crippen LogP contribution is 2.30. The summed E-state index contributed by atoms with van der Waals surface area (Å²) in [5, 5.41) is 0.811. The molecule has 1 aliphatic rings.